The Morgan fingerprint density at radius 2 is 1.90 bits per heavy atom. The van der Waals surface area contributed by atoms with Crippen molar-refractivity contribution in [2.24, 2.45) is 0 Å². The van der Waals surface area contributed by atoms with Gasteiger partial charge in [-0.2, -0.15) is 0 Å². The maximum Gasteiger partial charge on any atom is 0.412 e. The van der Waals surface area contributed by atoms with Crippen LogP contribution in [0.3, 0.4) is 0 Å². The zero-order chi connectivity index (χ0) is 15.3. The number of ketones is 1. The van der Waals surface area contributed by atoms with Crippen LogP contribution in [0.5, 0.6) is 0 Å². The number of rotatable bonds is 3. The average Bonchev–Trinajstić information content (AvgIpc) is 2.27. The van der Waals surface area contributed by atoms with E-state index in [4.69, 9.17) is 4.74 Å². The smallest absolute Gasteiger partial charge is 0.412 e. The van der Waals surface area contributed by atoms with Crippen molar-refractivity contribution < 1.29 is 14.3 Å². The zero-order valence-electron chi connectivity index (χ0n) is 12.6. The summed E-state index contributed by atoms with van der Waals surface area (Å²) in [7, 11) is 0. The molecule has 4 nitrogen and oxygen atoms in total. The first kappa shape index (κ1) is 16.0. The van der Waals surface area contributed by atoms with Crippen molar-refractivity contribution in [1.82, 2.24) is 0 Å². The Morgan fingerprint density at radius 1 is 1.25 bits per heavy atom. The van der Waals surface area contributed by atoms with Gasteiger partial charge in [0.25, 0.3) is 0 Å². The summed E-state index contributed by atoms with van der Waals surface area (Å²) < 4.78 is 5.20. The highest BCUT2D eigenvalue weighted by atomic mass is 16.6. The number of anilines is 1. The lowest BCUT2D eigenvalue weighted by Crippen LogP contribution is -2.27. The molecule has 0 aliphatic rings. The van der Waals surface area contributed by atoms with E-state index >= 15 is 0 Å². The highest BCUT2D eigenvalue weighted by Crippen LogP contribution is 2.18. The second-order valence-electron chi connectivity index (χ2n) is 5.65. The Bertz CT molecular complexity index is 539. The zero-order valence-corrected chi connectivity index (χ0v) is 12.6. The lowest BCUT2D eigenvalue weighted by Gasteiger charge is -2.20. The number of aryl methyl sites for hydroxylation is 1. The SMILES string of the molecule is CC(=O)C=Cc1ccc(NC(=O)OC(C)(C)C)c(C)c1. The highest BCUT2D eigenvalue weighted by Gasteiger charge is 2.16. The summed E-state index contributed by atoms with van der Waals surface area (Å²) >= 11 is 0. The molecule has 1 rings (SSSR count). The van der Waals surface area contributed by atoms with Gasteiger partial charge < -0.3 is 4.74 Å². The number of carbonyl (C=O) groups excluding carboxylic acids is 2. The van der Waals surface area contributed by atoms with Gasteiger partial charge in [0.1, 0.15) is 5.60 Å². The number of hydrogen-bond donors (Lipinski definition) is 1. The van der Waals surface area contributed by atoms with Gasteiger partial charge in [-0.25, -0.2) is 4.79 Å². The first-order valence-corrected chi connectivity index (χ1v) is 6.47. The van der Waals surface area contributed by atoms with Crippen LogP contribution in [-0.2, 0) is 9.53 Å². The molecule has 0 aromatic heterocycles. The Hall–Kier alpha value is -2.10. The average molecular weight is 275 g/mol. The highest BCUT2D eigenvalue weighted by molar-refractivity contribution is 5.91. The molecule has 0 saturated carbocycles. The van der Waals surface area contributed by atoms with E-state index in [9.17, 15) is 9.59 Å². The number of nitrogens with one attached hydrogen (secondary N) is 1. The Kier molecular flexibility index (Phi) is 5.08. The van der Waals surface area contributed by atoms with Gasteiger partial charge in [0.15, 0.2) is 5.78 Å². The number of amides is 1. The molecule has 1 aromatic rings. The van der Waals surface area contributed by atoms with E-state index in [1.807, 2.05) is 39.8 Å². The molecule has 0 fully saturated rings. The van der Waals surface area contributed by atoms with Crippen LogP contribution in [0, 0.1) is 6.92 Å². The Morgan fingerprint density at radius 3 is 2.40 bits per heavy atom. The molecule has 4 heteroatoms. The van der Waals surface area contributed by atoms with E-state index in [0.717, 1.165) is 11.1 Å². The molecule has 0 atom stereocenters. The van der Waals surface area contributed by atoms with Gasteiger partial charge in [-0.05, 0) is 64.0 Å². The van der Waals surface area contributed by atoms with Crippen molar-refractivity contribution in [2.45, 2.75) is 40.2 Å². The normalized spacial score (nSPS) is 11.4. The number of hydrogen-bond acceptors (Lipinski definition) is 3. The molecule has 1 aromatic carbocycles. The largest absolute Gasteiger partial charge is 0.444 e. The predicted molar refractivity (Wildman–Crippen MR) is 80.8 cm³/mol. The molecule has 1 amide bonds. The standard InChI is InChI=1S/C16H21NO3/c1-11-10-13(7-6-12(2)18)8-9-14(11)17-15(19)20-16(3,4)5/h6-10H,1-5H3,(H,17,19). The van der Waals surface area contributed by atoms with Gasteiger partial charge >= 0.3 is 6.09 Å². The number of ether oxygens (including phenoxy) is 1. The number of benzene rings is 1. The second kappa shape index (κ2) is 6.37. The second-order valence-corrected chi connectivity index (χ2v) is 5.65. The predicted octanol–water partition coefficient (Wildman–Crippen LogP) is 3.94. The summed E-state index contributed by atoms with van der Waals surface area (Å²) in [6.07, 6.45) is 2.77. The van der Waals surface area contributed by atoms with Crippen molar-refractivity contribution in [2.75, 3.05) is 5.32 Å². The van der Waals surface area contributed by atoms with E-state index in [1.54, 1.807) is 12.1 Å². The first-order chi connectivity index (χ1) is 9.17. The van der Waals surface area contributed by atoms with Gasteiger partial charge in [-0.15, -0.1) is 0 Å². The maximum absolute atomic E-state index is 11.7. The Labute approximate surface area is 119 Å². The van der Waals surface area contributed by atoms with Gasteiger partial charge in [0.05, 0.1) is 0 Å². The van der Waals surface area contributed by atoms with E-state index in [0.29, 0.717) is 5.69 Å². The summed E-state index contributed by atoms with van der Waals surface area (Å²) in [6, 6.07) is 5.52. The molecule has 0 unspecified atom stereocenters. The number of allylic oxidation sites excluding steroid dienone is 1. The summed E-state index contributed by atoms with van der Waals surface area (Å²) in [5, 5.41) is 2.71. The summed E-state index contributed by atoms with van der Waals surface area (Å²) in [4.78, 5) is 22.6. The minimum absolute atomic E-state index is 0.00129. The van der Waals surface area contributed by atoms with Crippen LogP contribution in [0.15, 0.2) is 24.3 Å². The quantitative estimate of drug-likeness (QED) is 0.850. The molecule has 20 heavy (non-hydrogen) atoms. The lowest BCUT2D eigenvalue weighted by atomic mass is 10.1. The summed E-state index contributed by atoms with van der Waals surface area (Å²) in [5.41, 5.74) is 1.98. The van der Waals surface area contributed by atoms with Crippen molar-refractivity contribution in [3.05, 3.63) is 35.4 Å². The molecule has 0 spiro atoms. The van der Waals surface area contributed by atoms with Crippen LogP contribution in [0.4, 0.5) is 10.5 Å². The van der Waals surface area contributed by atoms with Crippen LogP contribution in [0.25, 0.3) is 6.08 Å². The van der Waals surface area contributed by atoms with E-state index < -0.39 is 11.7 Å². The molecule has 0 bridgehead atoms. The molecule has 1 N–H and O–H groups in total. The van der Waals surface area contributed by atoms with E-state index in [-0.39, 0.29) is 5.78 Å². The molecule has 0 saturated heterocycles. The van der Waals surface area contributed by atoms with Gasteiger partial charge in [-0.3, -0.25) is 10.1 Å². The molecule has 0 radical (unpaired) electrons. The lowest BCUT2D eigenvalue weighted by molar-refractivity contribution is -0.112. The van der Waals surface area contributed by atoms with Crippen molar-refractivity contribution in [1.29, 1.82) is 0 Å². The fourth-order valence-electron chi connectivity index (χ4n) is 1.56. The van der Waals surface area contributed by atoms with Crippen molar-refractivity contribution >= 4 is 23.6 Å². The van der Waals surface area contributed by atoms with Gasteiger partial charge in [0, 0.05) is 5.69 Å². The molecular weight excluding hydrogens is 254 g/mol. The van der Waals surface area contributed by atoms with Crippen LogP contribution < -0.4 is 5.32 Å². The maximum atomic E-state index is 11.7. The van der Waals surface area contributed by atoms with Crippen molar-refractivity contribution in [3.63, 3.8) is 0 Å². The van der Waals surface area contributed by atoms with Gasteiger partial charge in [0.2, 0.25) is 0 Å². The fraction of sp³-hybridized carbons (Fsp3) is 0.375. The van der Waals surface area contributed by atoms with E-state index in [1.165, 1.54) is 13.0 Å². The van der Waals surface area contributed by atoms with Crippen molar-refractivity contribution in [3.8, 4) is 0 Å². The molecular formula is C16H21NO3. The molecule has 0 aliphatic carbocycles. The molecule has 0 aliphatic heterocycles. The van der Waals surface area contributed by atoms with Crippen LogP contribution in [0.2, 0.25) is 0 Å². The molecule has 108 valence electrons. The first-order valence-electron chi connectivity index (χ1n) is 6.47. The fourth-order valence-corrected chi connectivity index (χ4v) is 1.56. The Balaban J connectivity index is 2.78. The minimum Gasteiger partial charge on any atom is -0.444 e. The van der Waals surface area contributed by atoms with E-state index in [2.05, 4.69) is 5.32 Å². The van der Waals surface area contributed by atoms with Gasteiger partial charge in [-0.1, -0.05) is 12.1 Å². The number of carbonyl (C=O) groups is 2. The summed E-state index contributed by atoms with van der Waals surface area (Å²) in [5.74, 6) is -0.00129. The third-order valence-electron chi connectivity index (χ3n) is 2.40. The van der Waals surface area contributed by atoms with Crippen LogP contribution in [0.1, 0.15) is 38.8 Å². The monoisotopic (exact) mass is 275 g/mol. The van der Waals surface area contributed by atoms with Crippen LogP contribution in [-0.4, -0.2) is 17.5 Å². The summed E-state index contributed by atoms with van der Waals surface area (Å²) in [6.45, 7) is 8.83. The molecule has 0 heterocycles. The topological polar surface area (TPSA) is 55.4 Å². The minimum atomic E-state index is -0.526. The van der Waals surface area contributed by atoms with Crippen LogP contribution >= 0.6 is 0 Å². The third-order valence-corrected chi connectivity index (χ3v) is 2.40. The third kappa shape index (κ3) is 5.69.